The number of fused-ring (bicyclic) bond motifs is 1. The number of carbonyl (C=O) groups excluding carboxylic acids is 1. The molecule has 1 aliphatic rings. The zero-order chi connectivity index (χ0) is 25.3. The molecular weight excluding hydrogens is 497 g/mol. The van der Waals surface area contributed by atoms with E-state index in [1.54, 1.807) is 42.7 Å². The van der Waals surface area contributed by atoms with Crippen molar-refractivity contribution in [3.8, 4) is 11.1 Å². The standard InChI is InChI=1S/C28H23Cl2N3O3/c1-36-33-27(35)24-7-4-6-23(18-8-10-19(29)11-9-18)26(24)28(33,16-22-13-12-20(30)17-32-22)25(34)15-21-5-2-3-14-31-21/h2-14,17,25,34H,15-16H2,1H3/t25?,28-/m0/s1. The molecule has 0 aliphatic carbocycles. The molecule has 5 rings (SSSR count). The number of amides is 1. The normalized spacial score (nSPS) is 17.8. The fourth-order valence-corrected chi connectivity index (χ4v) is 5.20. The lowest BCUT2D eigenvalue weighted by atomic mass is 9.76. The summed E-state index contributed by atoms with van der Waals surface area (Å²) in [6.07, 6.45) is 2.53. The highest BCUT2D eigenvalue weighted by Crippen LogP contribution is 2.49. The third-order valence-corrected chi connectivity index (χ3v) is 7.01. The second-order valence-corrected chi connectivity index (χ2v) is 9.50. The number of nitrogens with zero attached hydrogens (tertiary/aromatic N) is 3. The molecule has 0 saturated heterocycles. The van der Waals surface area contributed by atoms with E-state index in [0.717, 1.165) is 11.1 Å². The summed E-state index contributed by atoms with van der Waals surface area (Å²) >= 11 is 12.2. The minimum Gasteiger partial charge on any atom is -0.390 e. The summed E-state index contributed by atoms with van der Waals surface area (Å²) in [5.74, 6) is -0.336. The molecule has 1 aliphatic heterocycles. The molecule has 0 fully saturated rings. The van der Waals surface area contributed by atoms with Gasteiger partial charge in [0, 0.05) is 52.8 Å². The lowest BCUT2D eigenvalue weighted by Gasteiger charge is -2.41. The van der Waals surface area contributed by atoms with Gasteiger partial charge in [0.25, 0.3) is 5.91 Å². The zero-order valence-corrected chi connectivity index (χ0v) is 20.9. The summed E-state index contributed by atoms with van der Waals surface area (Å²) in [5.41, 5.74) is 2.82. The smallest absolute Gasteiger partial charge is 0.278 e. The van der Waals surface area contributed by atoms with E-state index in [1.807, 2.05) is 42.5 Å². The molecule has 1 unspecified atom stereocenters. The first-order valence-corrected chi connectivity index (χ1v) is 12.2. The van der Waals surface area contributed by atoms with Gasteiger partial charge in [-0.2, -0.15) is 0 Å². The molecule has 36 heavy (non-hydrogen) atoms. The van der Waals surface area contributed by atoms with Gasteiger partial charge >= 0.3 is 0 Å². The van der Waals surface area contributed by atoms with Gasteiger partial charge in [-0.05, 0) is 53.6 Å². The number of pyridine rings is 2. The Morgan fingerprint density at radius 2 is 1.67 bits per heavy atom. The number of benzene rings is 2. The predicted octanol–water partition coefficient (Wildman–Crippen LogP) is 5.51. The van der Waals surface area contributed by atoms with Gasteiger partial charge in [-0.1, -0.05) is 53.5 Å². The largest absolute Gasteiger partial charge is 0.390 e. The highest BCUT2D eigenvalue weighted by Gasteiger charge is 2.56. The summed E-state index contributed by atoms with van der Waals surface area (Å²) in [6.45, 7) is 0. The van der Waals surface area contributed by atoms with E-state index < -0.39 is 11.6 Å². The first kappa shape index (κ1) is 24.4. The summed E-state index contributed by atoms with van der Waals surface area (Å²) in [6, 6.07) is 22.0. The Balaban J connectivity index is 1.75. The van der Waals surface area contributed by atoms with E-state index >= 15 is 0 Å². The molecule has 1 N–H and O–H groups in total. The van der Waals surface area contributed by atoms with Crippen molar-refractivity contribution in [2.75, 3.05) is 7.11 Å². The van der Waals surface area contributed by atoms with Crippen molar-refractivity contribution in [1.82, 2.24) is 15.0 Å². The van der Waals surface area contributed by atoms with Crippen LogP contribution in [0.25, 0.3) is 11.1 Å². The summed E-state index contributed by atoms with van der Waals surface area (Å²) in [7, 11) is 1.43. The number of aliphatic hydroxyl groups is 1. The fraction of sp³-hybridized carbons (Fsp3) is 0.179. The minimum absolute atomic E-state index is 0.190. The maximum Gasteiger partial charge on any atom is 0.278 e. The van der Waals surface area contributed by atoms with Crippen molar-refractivity contribution < 1.29 is 14.7 Å². The number of halogens is 2. The average molecular weight is 520 g/mol. The van der Waals surface area contributed by atoms with Crippen molar-refractivity contribution in [2.45, 2.75) is 24.5 Å². The average Bonchev–Trinajstić information content (AvgIpc) is 3.14. The highest BCUT2D eigenvalue weighted by molar-refractivity contribution is 6.30. The maximum absolute atomic E-state index is 13.7. The molecule has 2 aromatic carbocycles. The van der Waals surface area contributed by atoms with Crippen LogP contribution in [0.3, 0.4) is 0 Å². The molecule has 3 heterocycles. The van der Waals surface area contributed by atoms with Crippen molar-refractivity contribution >= 4 is 29.1 Å². The molecule has 0 radical (unpaired) electrons. The zero-order valence-electron chi connectivity index (χ0n) is 19.4. The summed E-state index contributed by atoms with van der Waals surface area (Å²) in [5, 5.41) is 14.3. The topological polar surface area (TPSA) is 75.5 Å². The van der Waals surface area contributed by atoms with Gasteiger partial charge < -0.3 is 5.11 Å². The second kappa shape index (κ2) is 9.99. The van der Waals surface area contributed by atoms with Gasteiger partial charge in [0.1, 0.15) is 5.54 Å². The Morgan fingerprint density at radius 1 is 0.917 bits per heavy atom. The fourth-order valence-electron chi connectivity index (χ4n) is 4.96. The van der Waals surface area contributed by atoms with Crippen LogP contribution in [0.2, 0.25) is 10.0 Å². The molecule has 1 amide bonds. The molecule has 182 valence electrons. The lowest BCUT2D eigenvalue weighted by molar-refractivity contribution is -0.192. The van der Waals surface area contributed by atoms with Crippen LogP contribution in [0, 0.1) is 0 Å². The Hall–Kier alpha value is -3.29. The van der Waals surface area contributed by atoms with Gasteiger partial charge in [0.15, 0.2) is 0 Å². The maximum atomic E-state index is 13.7. The van der Waals surface area contributed by atoms with E-state index in [-0.39, 0.29) is 18.7 Å². The van der Waals surface area contributed by atoms with E-state index in [0.29, 0.717) is 32.6 Å². The second-order valence-electron chi connectivity index (χ2n) is 8.63. The van der Waals surface area contributed by atoms with Crippen LogP contribution in [0.4, 0.5) is 0 Å². The van der Waals surface area contributed by atoms with Crippen molar-refractivity contribution in [3.05, 3.63) is 118 Å². The number of rotatable bonds is 7. The van der Waals surface area contributed by atoms with Gasteiger partial charge in [-0.25, -0.2) is 5.06 Å². The number of hydroxylamine groups is 2. The third-order valence-electron chi connectivity index (χ3n) is 6.53. The number of hydrogen-bond donors (Lipinski definition) is 1. The molecule has 0 spiro atoms. The number of carbonyl (C=O) groups is 1. The first-order chi connectivity index (χ1) is 17.4. The summed E-state index contributed by atoms with van der Waals surface area (Å²) < 4.78 is 0. The van der Waals surface area contributed by atoms with Crippen LogP contribution >= 0.6 is 23.2 Å². The van der Waals surface area contributed by atoms with Crippen LogP contribution in [0.15, 0.2) is 85.2 Å². The molecule has 2 atom stereocenters. The van der Waals surface area contributed by atoms with Crippen LogP contribution in [-0.2, 0) is 23.2 Å². The SMILES string of the molecule is CON1C(=O)c2cccc(-c3ccc(Cl)cc3)c2[C@]1(Cc1ccc(Cl)cn1)C(O)Cc1ccccn1. The van der Waals surface area contributed by atoms with E-state index in [9.17, 15) is 9.90 Å². The number of aromatic nitrogens is 2. The minimum atomic E-state index is -1.30. The van der Waals surface area contributed by atoms with Crippen molar-refractivity contribution in [1.29, 1.82) is 0 Å². The quantitative estimate of drug-likeness (QED) is 0.348. The Bertz CT molecular complexity index is 1380. The van der Waals surface area contributed by atoms with Crippen LogP contribution in [-0.4, -0.2) is 39.3 Å². The first-order valence-electron chi connectivity index (χ1n) is 11.4. The monoisotopic (exact) mass is 519 g/mol. The van der Waals surface area contributed by atoms with Gasteiger partial charge in [-0.3, -0.25) is 19.6 Å². The molecule has 8 heteroatoms. The lowest BCUT2D eigenvalue weighted by Crippen LogP contribution is -2.54. The molecular formula is C28H23Cl2N3O3. The molecule has 2 aromatic heterocycles. The molecule has 6 nitrogen and oxygen atoms in total. The van der Waals surface area contributed by atoms with Gasteiger partial charge in [-0.15, -0.1) is 0 Å². The van der Waals surface area contributed by atoms with Crippen LogP contribution in [0.1, 0.15) is 27.3 Å². The highest BCUT2D eigenvalue weighted by atomic mass is 35.5. The van der Waals surface area contributed by atoms with Gasteiger partial charge in [0.2, 0.25) is 0 Å². The number of hydrogen-bond acceptors (Lipinski definition) is 5. The Labute approximate surface area is 219 Å². The third kappa shape index (κ3) is 4.27. The summed E-state index contributed by atoms with van der Waals surface area (Å²) in [4.78, 5) is 28.3. The van der Waals surface area contributed by atoms with Crippen LogP contribution < -0.4 is 0 Å². The number of aliphatic hydroxyl groups excluding tert-OH is 1. The van der Waals surface area contributed by atoms with Crippen LogP contribution in [0.5, 0.6) is 0 Å². The predicted molar refractivity (Wildman–Crippen MR) is 139 cm³/mol. The Morgan fingerprint density at radius 3 is 2.33 bits per heavy atom. The Kier molecular flexibility index (Phi) is 6.77. The van der Waals surface area contributed by atoms with E-state index in [2.05, 4.69) is 9.97 Å². The van der Waals surface area contributed by atoms with Crippen molar-refractivity contribution in [3.63, 3.8) is 0 Å². The van der Waals surface area contributed by atoms with E-state index in [1.165, 1.54) is 12.2 Å². The van der Waals surface area contributed by atoms with Crippen molar-refractivity contribution in [2.24, 2.45) is 0 Å². The molecule has 4 aromatic rings. The molecule has 0 bridgehead atoms. The van der Waals surface area contributed by atoms with E-state index in [4.69, 9.17) is 28.0 Å². The molecule has 0 saturated carbocycles. The van der Waals surface area contributed by atoms with Gasteiger partial charge in [0.05, 0.1) is 18.2 Å².